The van der Waals surface area contributed by atoms with E-state index < -0.39 is 17.7 Å². The number of rotatable bonds is 6. The maximum atomic E-state index is 13.2. The monoisotopic (exact) mass is 490 g/mol. The molecule has 0 aliphatic carbocycles. The van der Waals surface area contributed by atoms with Gasteiger partial charge in [-0.15, -0.1) is 0 Å². The summed E-state index contributed by atoms with van der Waals surface area (Å²) >= 11 is 12.2. The van der Waals surface area contributed by atoms with Crippen LogP contribution >= 0.6 is 23.2 Å². The van der Waals surface area contributed by atoms with Crippen LogP contribution in [0.15, 0.2) is 48.5 Å². The lowest BCUT2D eigenvalue weighted by molar-refractivity contribution is -0.126. The van der Waals surface area contributed by atoms with Crippen molar-refractivity contribution in [2.45, 2.75) is 70.6 Å². The zero-order valence-electron chi connectivity index (χ0n) is 19.6. The Kier molecular flexibility index (Phi) is 8.30. The van der Waals surface area contributed by atoms with Crippen LogP contribution < -0.4 is 5.32 Å². The van der Waals surface area contributed by atoms with E-state index in [0.29, 0.717) is 23.0 Å². The first kappa shape index (κ1) is 25.4. The number of benzene rings is 2. The summed E-state index contributed by atoms with van der Waals surface area (Å²) in [5.41, 5.74) is 1.60. The Hall–Kier alpha value is -2.24. The molecule has 1 heterocycles. The lowest BCUT2D eigenvalue weighted by Gasteiger charge is -2.30. The fourth-order valence-corrected chi connectivity index (χ4v) is 4.42. The molecule has 1 N–H and O–H groups in total. The average molecular weight is 491 g/mol. The van der Waals surface area contributed by atoms with Gasteiger partial charge in [0.05, 0.1) is 0 Å². The van der Waals surface area contributed by atoms with Crippen LogP contribution in [0.5, 0.6) is 0 Å². The molecule has 0 aromatic heterocycles. The van der Waals surface area contributed by atoms with Crippen LogP contribution in [0.3, 0.4) is 0 Å². The zero-order chi connectivity index (χ0) is 24.2. The van der Waals surface area contributed by atoms with Crippen LogP contribution in [0.2, 0.25) is 10.0 Å². The first-order chi connectivity index (χ1) is 15.5. The number of hydrogen-bond acceptors (Lipinski definition) is 3. The summed E-state index contributed by atoms with van der Waals surface area (Å²) in [6.07, 6.45) is 1.68. The van der Waals surface area contributed by atoms with Gasteiger partial charge >= 0.3 is 6.09 Å². The average Bonchev–Trinajstić information content (AvgIpc) is 3.23. The number of amides is 2. The Bertz CT molecular complexity index is 955. The van der Waals surface area contributed by atoms with Crippen molar-refractivity contribution >= 4 is 35.2 Å². The topological polar surface area (TPSA) is 58.6 Å². The van der Waals surface area contributed by atoms with E-state index in [2.05, 4.69) is 5.32 Å². The number of carbonyl (C=O) groups excluding carboxylic acids is 2. The molecule has 0 bridgehead atoms. The number of likely N-dealkylation sites (tertiary alicyclic amines) is 1. The quantitative estimate of drug-likeness (QED) is 0.522. The van der Waals surface area contributed by atoms with Crippen LogP contribution in [0.25, 0.3) is 0 Å². The third kappa shape index (κ3) is 7.12. The van der Waals surface area contributed by atoms with Crippen LogP contribution in [0.4, 0.5) is 4.79 Å². The van der Waals surface area contributed by atoms with Crippen molar-refractivity contribution < 1.29 is 14.3 Å². The molecule has 178 valence electrons. The van der Waals surface area contributed by atoms with E-state index in [4.69, 9.17) is 27.9 Å². The van der Waals surface area contributed by atoms with Crippen molar-refractivity contribution in [3.8, 4) is 0 Å². The molecule has 1 aliphatic heterocycles. The third-order valence-electron chi connectivity index (χ3n) is 5.82. The molecule has 7 heteroatoms. The summed E-state index contributed by atoms with van der Waals surface area (Å²) in [7, 11) is 0. The Morgan fingerprint density at radius 2 is 1.64 bits per heavy atom. The van der Waals surface area contributed by atoms with Gasteiger partial charge in [-0.3, -0.25) is 9.69 Å². The highest BCUT2D eigenvalue weighted by Crippen LogP contribution is 2.28. The highest BCUT2D eigenvalue weighted by Gasteiger charge is 2.37. The van der Waals surface area contributed by atoms with Gasteiger partial charge in [0.2, 0.25) is 5.91 Å². The van der Waals surface area contributed by atoms with Gasteiger partial charge in [0.15, 0.2) is 0 Å². The van der Waals surface area contributed by atoms with E-state index in [9.17, 15) is 9.59 Å². The Morgan fingerprint density at radius 1 is 1.06 bits per heavy atom. The van der Waals surface area contributed by atoms with Crippen LogP contribution in [0.1, 0.15) is 57.6 Å². The normalized spacial score (nSPS) is 18.0. The van der Waals surface area contributed by atoms with Crippen molar-refractivity contribution in [3.05, 3.63) is 69.7 Å². The maximum Gasteiger partial charge on any atom is 0.410 e. The zero-order valence-corrected chi connectivity index (χ0v) is 21.1. The molecule has 0 radical (unpaired) electrons. The molecule has 3 rings (SSSR count). The van der Waals surface area contributed by atoms with Gasteiger partial charge in [0.25, 0.3) is 0 Å². The molecule has 2 unspecified atom stereocenters. The van der Waals surface area contributed by atoms with E-state index in [0.717, 1.165) is 24.0 Å². The number of carbonyl (C=O) groups is 2. The van der Waals surface area contributed by atoms with Crippen LogP contribution in [0, 0.1) is 0 Å². The lowest BCUT2D eigenvalue weighted by Crippen LogP contribution is -2.50. The largest absolute Gasteiger partial charge is 0.444 e. The van der Waals surface area contributed by atoms with Gasteiger partial charge in [-0.05, 0) is 82.3 Å². The SMILES string of the molecule is CC(NC(=O)[C@H]1CCCN1C(=O)OC(C)(C)C)C(Cc1ccc(Cl)cc1)c1ccc(Cl)cc1. The van der Waals surface area contributed by atoms with E-state index >= 15 is 0 Å². The van der Waals surface area contributed by atoms with Gasteiger partial charge in [0, 0.05) is 28.5 Å². The predicted molar refractivity (Wildman–Crippen MR) is 133 cm³/mol. The molecular formula is C26H32Cl2N2O3. The summed E-state index contributed by atoms with van der Waals surface area (Å²) in [4.78, 5) is 27.4. The van der Waals surface area contributed by atoms with E-state index in [1.807, 2.05) is 76.2 Å². The molecule has 2 aromatic rings. The predicted octanol–water partition coefficient (Wildman–Crippen LogP) is 6.22. The fraction of sp³-hybridized carbons (Fsp3) is 0.462. The number of hydrogen-bond donors (Lipinski definition) is 1. The van der Waals surface area contributed by atoms with Crippen LogP contribution in [-0.2, 0) is 16.0 Å². The Labute approximate surface area is 206 Å². The highest BCUT2D eigenvalue weighted by molar-refractivity contribution is 6.30. The van der Waals surface area contributed by atoms with E-state index in [1.165, 1.54) is 0 Å². The van der Waals surface area contributed by atoms with Gasteiger partial charge < -0.3 is 10.1 Å². The van der Waals surface area contributed by atoms with Crippen molar-refractivity contribution in [3.63, 3.8) is 0 Å². The number of nitrogens with zero attached hydrogens (tertiary/aromatic N) is 1. The molecule has 0 saturated carbocycles. The summed E-state index contributed by atoms with van der Waals surface area (Å²) in [6.45, 7) is 8.00. The molecule has 0 spiro atoms. The van der Waals surface area contributed by atoms with Crippen molar-refractivity contribution in [1.82, 2.24) is 10.2 Å². The Balaban J connectivity index is 1.75. The number of ether oxygens (including phenoxy) is 1. The highest BCUT2D eigenvalue weighted by atomic mass is 35.5. The molecule has 3 atom stereocenters. The van der Waals surface area contributed by atoms with Crippen molar-refractivity contribution in [2.24, 2.45) is 0 Å². The van der Waals surface area contributed by atoms with E-state index in [1.54, 1.807) is 4.90 Å². The minimum atomic E-state index is -0.605. The molecule has 2 amide bonds. The second-order valence-corrected chi connectivity index (χ2v) is 10.5. The molecule has 33 heavy (non-hydrogen) atoms. The van der Waals surface area contributed by atoms with Gasteiger partial charge in [-0.25, -0.2) is 4.79 Å². The van der Waals surface area contributed by atoms with Crippen LogP contribution in [-0.4, -0.2) is 41.1 Å². The minimum absolute atomic E-state index is 0.0174. The van der Waals surface area contributed by atoms with Gasteiger partial charge in [-0.1, -0.05) is 47.5 Å². The standard InChI is InChI=1S/C26H32Cl2N2O3/c1-17(29-24(31)23-6-5-15-30(23)25(32)33-26(2,3)4)22(19-9-13-21(28)14-10-19)16-18-7-11-20(27)12-8-18/h7-14,17,22-23H,5-6,15-16H2,1-4H3,(H,29,31)/t17?,22?,23-/m1/s1. The molecular weight excluding hydrogens is 459 g/mol. The number of nitrogens with one attached hydrogen (secondary N) is 1. The summed E-state index contributed by atoms with van der Waals surface area (Å²) < 4.78 is 5.51. The number of halogens is 2. The first-order valence-corrected chi connectivity index (χ1v) is 12.1. The summed E-state index contributed by atoms with van der Waals surface area (Å²) in [6, 6.07) is 14.8. The molecule has 1 fully saturated rings. The van der Waals surface area contributed by atoms with E-state index in [-0.39, 0.29) is 17.9 Å². The molecule has 2 aromatic carbocycles. The third-order valence-corrected chi connectivity index (χ3v) is 6.33. The maximum absolute atomic E-state index is 13.2. The fourth-order valence-electron chi connectivity index (χ4n) is 4.17. The summed E-state index contributed by atoms with van der Waals surface area (Å²) in [5, 5.41) is 4.52. The van der Waals surface area contributed by atoms with Crippen molar-refractivity contribution in [1.29, 1.82) is 0 Å². The second kappa shape index (κ2) is 10.8. The smallest absolute Gasteiger partial charge is 0.410 e. The molecule has 1 saturated heterocycles. The second-order valence-electron chi connectivity index (χ2n) is 9.62. The Morgan fingerprint density at radius 3 is 2.21 bits per heavy atom. The van der Waals surface area contributed by atoms with Gasteiger partial charge in [0.1, 0.15) is 11.6 Å². The molecule has 1 aliphatic rings. The van der Waals surface area contributed by atoms with Crippen molar-refractivity contribution in [2.75, 3.05) is 6.54 Å². The molecule has 5 nitrogen and oxygen atoms in total. The van der Waals surface area contributed by atoms with Gasteiger partial charge in [-0.2, -0.15) is 0 Å². The summed E-state index contributed by atoms with van der Waals surface area (Å²) in [5.74, 6) is -0.135. The lowest BCUT2D eigenvalue weighted by atomic mass is 9.86. The minimum Gasteiger partial charge on any atom is -0.444 e. The first-order valence-electron chi connectivity index (χ1n) is 11.3.